The zero-order chi connectivity index (χ0) is 11.8. The first-order valence-corrected chi connectivity index (χ1v) is 5.65. The maximum absolute atomic E-state index is 12.1. The van der Waals surface area contributed by atoms with E-state index in [0.717, 1.165) is 0 Å². The number of nitrogens with zero attached hydrogens (tertiary/aromatic N) is 4. The number of rotatable bonds is 2. The fourth-order valence-corrected chi connectivity index (χ4v) is 2.09. The SMILES string of the molecule is NCc1nnc(-c2cnc3sccn3c2=O)o1. The van der Waals surface area contributed by atoms with Crippen molar-refractivity contribution in [2.45, 2.75) is 6.54 Å². The fraction of sp³-hybridized carbons (Fsp3) is 0.111. The van der Waals surface area contributed by atoms with E-state index in [-0.39, 0.29) is 29.4 Å². The highest BCUT2D eigenvalue weighted by atomic mass is 32.1. The van der Waals surface area contributed by atoms with Crippen LogP contribution < -0.4 is 11.3 Å². The van der Waals surface area contributed by atoms with Gasteiger partial charge in [-0.1, -0.05) is 0 Å². The van der Waals surface area contributed by atoms with Gasteiger partial charge in [-0.25, -0.2) is 4.98 Å². The number of fused-ring (bicyclic) bond motifs is 1. The second-order valence-electron chi connectivity index (χ2n) is 3.24. The van der Waals surface area contributed by atoms with Gasteiger partial charge in [-0.3, -0.25) is 9.20 Å². The van der Waals surface area contributed by atoms with Crippen molar-refractivity contribution >= 4 is 16.3 Å². The van der Waals surface area contributed by atoms with Crippen LogP contribution in [0.2, 0.25) is 0 Å². The fourth-order valence-electron chi connectivity index (χ4n) is 1.42. The Labute approximate surface area is 98.5 Å². The molecule has 17 heavy (non-hydrogen) atoms. The summed E-state index contributed by atoms with van der Waals surface area (Å²) in [7, 11) is 0. The van der Waals surface area contributed by atoms with Crippen molar-refractivity contribution < 1.29 is 4.42 Å². The van der Waals surface area contributed by atoms with Crippen LogP contribution in [0.3, 0.4) is 0 Å². The lowest BCUT2D eigenvalue weighted by atomic mass is 10.3. The third kappa shape index (κ3) is 1.54. The lowest BCUT2D eigenvalue weighted by Crippen LogP contribution is -2.14. The predicted molar refractivity (Wildman–Crippen MR) is 60.5 cm³/mol. The Hall–Kier alpha value is -2.06. The van der Waals surface area contributed by atoms with Crippen LogP contribution in [0.1, 0.15) is 5.89 Å². The first kappa shape index (κ1) is 10.1. The van der Waals surface area contributed by atoms with Crippen LogP contribution >= 0.6 is 11.3 Å². The molecule has 3 aromatic rings. The molecule has 0 aromatic carbocycles. The van der Waals surface area contributed by atoms with Crippen LogP contribution in [0, 0.1) is 0 Å². The standard InChI is InChI=1S/C9H7N5O2S/c10-3-6-12-13-7(16-6)5-4-11-9-14(8(5)15)1-2-17-9/h1-2,4H,3,10H2. The molecule has 0 atom stereocenters. The Bertz CT molecular complexity index is 728. The quantitative estimate of drug-likeness (QED) is 0.699. The van der Waals surface area contributed by atoms with Crippen molar-refractivity contribution in [3.05, 3.63) is 34.0 Å². The summed E-state index contributed by atoms with van der Waals surface area (Å²) in [6.45, 7) is 0.141. The van der Waals surface area contributed by atoms with Crippen LogP contribution in [-0.4, -0.2) is 19.6 Å². The molecule has 8 heteroatoms. The molecule has 0 bridgehead atoms. The van der Waals surface area contributed by atoms with Crippen LogP contribution in [-0.2, 0) is 6.54 Å². The summed E-state index contributed by atoms with van der Waals surface area (Å²) < 4.78 is 6.66. The lowest BCUT2D eigenvalue weighted by molar-refractivity contribution is 0.508. The van der Waals surface area contributed by atoms with Crippen molar-refractivity contribution in [3.8, 4) is 11.5 Å². The summed E-state index contributed by atoms with van der Waals surface area (Å²) in [5, 5.41) is 9.25. The minimum Gasteiger partial charge on any atom is -0.419 e. The van der Waals surface area contributed by atoms with E-state index in [4.69, 9.17) is 10.2 Å². The molecule has 0 aliphatic heterocycles. The van der Waals surface area contributed by atoms with Crippen molar-refractivity contribution in [2.24, 2.45) is 5.73 Å². The normalized spacial score (nSPS) is 11.1. The zero-order valence-corrected chi connectivity index (χ0v) is 9.35. The van der Waals surface area contributed by atoms with E-state index in [1.165, 1.54) is 21.9 Å². The van der Waals surface area contributed by atoms with Crippen molar-refractivity contribution in [1.82, 2.24) is 19.6 Å². The van der Waals surface area contributed by atoms with E-state index < -0.39 is 0 Å². The molecule has 0 saturated carbocycles. The van der Waals surface area contributed by atoms with E-state index in [1.807, 2.05) is 0 Å². The molecule has 7 nitrogen and oxygen atoms in total. The average Bonchev–Trinajstić information content (AvgIpc) is 2.97. The molecule has 0 saturated heterocycles. The Kier molecular flexibility index (Phi) is 2.23. The summed E-state index contributed by atoms with van der Waals surface area (Å²) >= 11 is 1.38. The van der Waals surface area contributed by atoms with Gasteiger partial charge in [-0.05, 0) is 0 Å². The predicted octanol–water partition coefficient (Wildman–Crippen LogP) is 0.265. The molecule has 0 unspecified atom stereocenters. The van der Waals surface area contributed by atoms with Crippen LogP contribution in [0.15, 0.2) is 27.0 Å². The molecule has 3 aromatic heterocycles. The Balaban J connectivity index is 2.23. The second-order valence-corrected chi connectivity index (χ2v) is 4.11. The molecular weight excluding hydrogens is 242 g/mol. The average molecular weight is 249 g/mol. The minimum absolute atomic E-state index is 0.141. The van der Waals surface area contributed by atoms with E-state index in [9.17, 15) is 4.79 Å². The highest BCUT2D eigenvalue weighted by Crippen LogP contribution is 2.14. The number of hydrogen-bond donors (Lipinski definition) is 1. The second kappa shape index (κ2) is 3.75. The topological polar surface area (TPSA) is 99.3 Å². The van der Waals surface area contributed by atoms with Crippen molar-refractivity contribution in [1.29, 1.82) is 0 Å². The third-order valence-corrected chi connectivity index (χ3v) is 2.99. The van der Waals surface area contributed by atoms with Crippen LogP contribution in [0.25, 0.3) is 16.4 Å². The smallest absolute Gasteiger partial charge is 0.271 e. The van der Waals surface area contributed by atoms with Crippen LogP contribution in [0.4, 0.5) is 0 Å². The Morgan fingerprint density at radius 2 is 2.35 bits per heavy atom. The first-order valence-electron chi connectivity index (χ1n) is 4.77. The van der Waals surface area contributed by atoms with Gasteiger partial charge in [0, 0.05) is 17.8 Å². The van der Waals surface area contributed by atoms with E-state index >= 15 is 0 Å². The molecule has 3 rings (SSSR count). The number of nitrogens with two attached hydrogens (primary N) is 1. The van der Waals surface area contributed by atoms with Gasteiger partial charge >= 0.3 is 0 Å². The summed E-state index contributed by atoms with van der Waals surface area (Å²) in [6.07, 6.45) is 3.08. The molecule has 0 aliphatic carbocycles. The Morgan fingerprint density at radius 3 is 3.12 bits per heavy atom. The van der Waals surface area contributed by atoms with Gasteiger partial charge in [-0.2, -0.15) is 0 Å². The lowest BCUT2D eigenvalue weighted by Gasteiger charge is -1.95. The maximum atomic E-state index is 12.1. The number of hydrogen-bond acceptors (Lipinski definition) is 7. The summed E-state index contributed by atoms with van der Waals surface area (Å²) in [4.78, 5) is 16.8. The molecule has 0 aliphatic rings. The molecule has 2 N–H and O–H groups in total. The molecular formula is C9H7N5O2S. The third-order valence-electron chi connectivity index (χ3n) is 2.21. The molecule has 0 radical (unpaired) electrons. The van der Waals surface area contributed by atoms with Gasteiger partial charge in [0.05, 0.1) is 6.54 Å². The maximum Gasteiger partial charge on any atom is 0.271 e. The largest absolute Gasteiger partial charge is 0.419 e. The zero-order valence-electron chi connectivity index (χ0n) is 8.53. The van der Waals surface area contributed by atoms with Gasteiger partial charge in [-0.15, -0.1) is 21.5 Å². The highest BCUT2D eigenvalue weighted by Gasteiger charge is 2.14. The van der Waals surface area contributed by atoms with Gasteiger partial charge in [0.15, 0.2) is 4.96 Å². The molecule has 0 spiro atoms. The summed E-state index contributed by atoms with van der Waals surface area (Å²) in [6, 6.07) is 0. The van der Waals surface area contributed by atoms with Crippen molar-refractivity contribution in [3.63, 3.8) is 0 Å². The number of thiazole rings is 1. The van der Waals surface area contributed by atoms with Gasteiger partial charge in [0.2, 0.25) is 5.89 Å². The van der Waals surface area contributed by atoms with Gasteiger partial charge in [0.1, 0.15) is 5.56 Å². The van der Waals surface area contributed by atoms with E-state index in [1.54, 1.807) is 11.6 Å². The Morgan fingerprint density at radius 1 is 1.47 bits per heavy atom. The van der Waals surface area contributed by atoms with Crippen LogP contribution in [0.5, 0.6) is 0 Å². The monoisotopic (exact) mass is 249 g/mol. The molecule has 86 valence electrons. The van der Waals surface area contributed by atoms with E-state index in [0.29, 0.717) is 4.96 Å². The van der Waals surface area contributed by atoms with Crippen molar-refractivity contribution in [2.75, 3.05) is 0 Å². The molecule has 3 heterocycles. The number of aromatic nitrogens is 4. The van der Waals surface area contributed by atoms with E-state index in [2.05, 4.69) is 15.2 Å². The van der Waals surface area contributed by atoms with Gasteiger partial charge < -0.3 is 10.2 Å². The highest BCUT2D eigenvalue weighted by molar-refractivity contribution is 7.15. The first-order chi connectivity index (χ1) is 8.29. The summed E-state index contributed by atoms with van der Waals surface area (Å²) in [5.74, 6) is 0.429. The molecule has 0 fully saturated rings. The summed E-state index contributed by atoms with van der Waals surface area (Å²) in [5.41, 5.74) is 5.40. The molecule has 0 amide bonds. The minimum atomic E-state index is -0.233. The van der Waals surface area contributed by atoms with Gasteiger partial charge in [0.25, 0.3) is 11.4 Å².